The van der Waals surface area contributed by atoms with Crippen molar-refractivity contribution in [3.05, 3.63) is 65.1 Å². The summed E-state index contributed by atoms with van der Waals surface area (Å²) in [4.78, 5) is 0. The molecule has 3 rings (SSSR count). The molecule has 0 amide bonds. The Hall–Kier alpha value is -0.557. The number of hydrogen-bond donors (Lipinski definition) is 0. The first kappa shape index (κ1) is 23.7. The maximum atomic E-state index is 5.96. The molecular formula is C24H29Cl2OZr. The molecule has 0 bridgehead atoms. The fourth-order valence-corrected chi connectivity index (χ4v) is 3.65. The van der Waals surface area contributed by atoms with Crippen LogP contribution in [0.3, 0.4) is 0 Å². The SMILES string of the molecule is COc1c(C(C)(C)C)cc2c(c1-c1ccccc1)C=C(CC(C)C)[CH]2.[Cl][Zr][Cl]. The minimum atomic E-state index is -0.826. The molecule has 0 atom stereocenters. The molecule has 1 aliphatic carbocycles. The standard InChI is InChI=1S/C24H29O.2ClH.Zr/c1-16(2)12-17-13-19-15-21(24(3,4)5)23(25-6)22(20(19)14-17)18-10-8-7-9-11-18;;;/h7-11,13-16H,12H2,1-6H3;2*1H;/q;;;+2/p-2. The van der Waals surface area contributed by atoms with E-state index in [4.69, 9.17) is 21.8 Å². The second-order valence-corrected chi connectivity index (χ2v) is 12.2. The summed E-state index contributed by atoms with van der Waals surface area (Å²) in [6, 6.07) is 12.9. The Morgan fingerprint density at radius 1 is 1.07 bits per heavy atom. The van der Waals surface area contributed by atoms with Crippen molar-refractivity contribution in [3.63, 3.8) is 0 Å². The summed E-state index contributed by atoms with van der Waals surface area (Å²) in [5.74, 6) is 1.66. The number of ether oxygens (including phenoxy) is 1. The van der Waals surface area contributed by atoms with Gasteiger partial charge in [-0.05, 0) is 34.4 Å². The third kappa shape index (κ3) is 5.74. The molecule has 1 radical (unpaired) electrons. The molecule has 1 aliphatic rings. The quantitative estimate of drug-likeness (QED) is 0.417. The fraction of sp³-hybridized carbons (Fsp3) is 0.375. The molecule has 0 saturated heterocycles. The Kier molecular flexibility index (Phi) is 8.87. The zero-order chi connectivity index (χ0) is 20.9. The van der Waals surface area contributed by atoms with Crippen molar-refractivity contribution in [2.75, 3.05) is 7.11 Å². The number of rotatable bonds is 4. The first-order chi connectivity index (χ1) is 13.2. The van der Waals surface area contributed by atoms with E-state index in [1.54, 1.807) is 7.11 Å². The van der Waals surface area contributed by atoms with E-state index in [0.29, 0.717) is 5.92 Å². The van der Waals surface area contributed by atoms with Gasteiger partial charge in [0.25, 0.3) is 0 Å². The summed E-state index contributed by atoms with van der Waals surface area (Å²) < 4.78 is 5.96. The molecule has 2 aromatic rings. The van der Waals surface area contributed by atoms with Crippen molar-refractivity contribution in [3.8, 4) is 16.9 Å². The summed E-state index contributed by atoms with van der Waals surface area (Å²) in [6.07, 6.45) is 5.82. The van der Waals surface area contributed by atoms with Crippen LogP contribution < -0.4 is 4.74 Å². The van der Waals surface area contributed by atoms with Gasteiger partial charge >= 0.3 is 37.9 Å². The number of methoxy groups -OCH3 is 1. The molecule has 0 spiro atoms. The predicted molar refractivity (Wildman–Crippen MR) is 120 cm³/mol. The Morgan fingerprint density at radius 2 is 1.68 bits per heavy atom. The van der Waals surface area contributed by atoms with Gasteiger partial charge in [-0.1, -0.05) is 82.7 Å². The van der Waals surface area contributed by atoms with Gasteiger partial charge in [0.15, 0.2) is 0 Å². The van der Waals surface area contributed by atoms with Crippen molar-refractivity contribution in [2.24, 2.45) is 5.92 Å². The number of fused-ring (bicyclic) bond motifs is 1. The van der Waals surface area contributed by atoms with Crippen molar-refractivity contribution in [1.82, 2.24) is 0 Å². The van der Waals surface area contributed by atoms with Crippen molar-refractivity contribution in [1.29, 1.82) is 0 Å². The third-order valence-corrected chi connectivity index (χ3v) is 4.74. The molecule has 28 heavy (non-hydrogen) atoms. The van der Waals surface area contributed by atoms with Gasteiger partial charge in [-0.15, -0.1) is 0 Å². The van der Waals surface area contributed by atoms with Crippen LogP contribution in [0.4, 0.5) is 0 Å². The van der Waals surface area contributed by atoms with E-state index in [-0.39, 0.29) is 5.41 Å². The Morgan fingerprint density at radius 3 is 2.18 bits per heavy atom. The van der Waals surface area contributed by atoms with E-state index in [1.807, 2.05) is 0 Å². The van der Waals surface area contributed by atoms with Gasteiger partial charge in [-0.2, -0.15) is 0 Å². The van der Waals surface area contributed by atoms with E-state index in [9.17, 15) is 0 Å². The number of benzene rings is 2. The van der Waals surface area contributed by atoms with Gasteiger partial charge in [0.05, 0.1) is 7.11 Å². The molecule has 0 aliphatic heterocycles. The van der Waals surface area contributed by atoms with E-state index in [1.165, 1.54) is 33.4 Å². The Bertz CT molecular complexity index is 821. The average molecular weight is 496 g/mol. The van der Waals surface area contributed by atoms with E-state index < -0.39 is 20.8 Å². The van der Waals surface area contributed by atoms with Crippen LogP contribution in [0.15, 0.2) is 42.0 Å². The number of halogens is 2. The van der Waals surface area contributed by atoms with Gasteiger partial charge in [0.1, 0.15) is 5.75 Å². The molecule has 4 heteroatoms. The van der Waals surface area contributed by atoms with Crippen LogP contribution in [-0.2, 0) is 26.3 Å². The Balaban J connectivity index is 0.000000878. The summed E-state index contributed by atoms with van der Waals surface area (Å²) in [5, 5.41) is 0. The molecule has 1 nitrogen and oxygen atoms in total. The third-order valence-electron chi connectivity index (χ3n) is 4.74. The van der Waals surface area contributed by atoms with Gasteiger partial charge in [-0.3, -0.25) is 0 Å². The molecule has 0 heterocycles. The van der Waals surface area contributed by atoms with Gasteiger partial charge in [-0.25, -0.2) is 0 Å². The van der Waals surface area contributed by atoms with Crippen LogP contribution >= 0.6 is 17.0 Å². The van der Waals surface area contributed by atoms with Crippen molar-refractivity contribution >= 4 is 23.1 Å². The van der Waals surface area contributed by atoms with E-state index >= 15 is 0 Å². The predicted octanol–water partition coefficient (Wildman–Crippen LogP) is 8.03. The Labute approximate surface area is 189 Å². The summed E-state index contributed by atoms with van der Waals surface area (Å²) in [5.41, 5.74) is 7.77. The molecule has 149 valence electrons. The first-order valence-electron chi connectivity index (χ1n) is 9.55. The van der Waals surface area contributed by atoms with Gasteiger partial charge in [0, 0.05) is 17.5 Å². The zero-order valence-corrected chi connectivity index (χ0v) is 21.5. The summed E-state index contributed by atoms with van der Waals surface area (Å²) in [7, 11) is 11.7. The summed E-state index contributed by atoms with van der Waals surface area (Å²) >= 11 is -0.826. The molecular weight excluding hydrogens is 466 g/mol. The topological polar surface area (TPSA) is 9.23 Å². The molecule has 0 unspecified atom stereocenters. The molecule has 0 aromatic heterocycles. The minimum absolute atomic E-state index is 0.0263. The van der Waals surface area contributed by atoms with E-state index in [2.05, 4.69) is 83.5 Å². The fourth-order valence-electron chi connectivity index (χ4n) is 3.65. The second kappa shape index (κ2) is 10.5. The number of allylic oxidation sites excluding steroid dienone is 1. The van der Waals surface area contributed by atoms with Crippen LogP contribution in [0.5, 0.6) is 5.75 Å². The molecule has 2 aromatic carbocycles. The number of hydrogen-bond acceptors (Lipinski definition) is 1. The van der Waals surface area contributed by atoms with Crippen LogP contribution in [0.2, 0.25) is 0 Å². The molecule has 0 fully saturated rings. The molecule has 0 N–H and O–H groups in total. The van der Waals surface area contributed by atoms with Crippen molar-refractivity contribution in [2.45, 2.75) is 46.5 Å². The average Bonchev–Trinajstić information content (AvgIpc) is 3.01. The molecule has 0 saturated carbocycles. The second-order valence-electron chi connectivity index (χ2n) is 8.48. The van der Waals surface area contributed by atoms with Gasteiger partial charge in [0.2, 0.25) is 0 Å². The maximum absolute atomic E-state index is 5.96. The zero-order valence-electron chi connectivity index (χ0n) is 17.6. The normalized spacial score (nSPS) is 12.8. The summed E-state index contributed by atoms with van der Waals surface area (Å²) in [6.45, 7) is 11.3. The van der Waals surface area contributed by atoms with Crippen LogP contribution in [0.25, 0.3) is 17.2 Å². The van der Waals surface area contributed by atoms with Crippen LogP contribution in [0.1, 0.15) is 57.7 Å². The van der Waals surface area contributed by atoms with Crippen LogP contribution in [0, 0.1) is 12.3 Å². The monoisotopic (exact) mass is 493 g/mol. The van der Waals surface area contributed by atoms with E-state index in [0.717, 1.165) is 12.2 Å². The van der Waals surface area contributed by atoms with Crippen LogP contribution in [-0.4, -0.2) is 7.11 Å². The van der Waals surface area contributed by atoms with Gasteiger partial charge < -0.3 is 4.74 Å². The first-order valence-corrected chi connectivity index (χ1v) is 15.9. The van der Waals surface area contributed by atoms with Crippen molar-refractivity contribution < 1.29 is 25.6 Å².